The highest BCUT2D eigenvalue weighted by Crippen LogP contribution is 2.33. The molecular weight excluding hydrogens is 268 g/mol. The van der Waals surface area contributed by atoms with Crippen LogP contribution in [0.5, 0.6) is 5.75 Å². The second kappa shape index (κ2) is 6.12. The summed E-state index contributed by atoms with van der Waals surface area (Å²) in [5.41, 5.74) is 1.42. The summed E-state index contributed by atoms with van der Waals surface area (Å²) in [6, 6.07) is 3.32. The Kier molecular flexibility index (Phi) is 4.46. The number of fused-ring (bicyclic) bond motifs is 1. The second-order valence-electron chi connectivity index (χ2n) is 5.28. The molecule has 0 amide bonds. The van der Waals surface area contributed by atoms with Gasteiger partial charge in [0.25, 0.3) is 0 Å². The number of benzene rings is 1. The van der Waals surface area contributed by atoms with Gasteiger partial charge in [0.2, 0.25) is 0 Å². The molecule has 0 saturated heterocycles. The van der Waals surface area contributed by atoms with E-state index < -0.39 is 5.63 Å². The summed E-state index contributed by atoms with van der Waals surface area (Å²) in [7, 11) is 0. The Morgan fingerprint density at radius 1 is 1.14 bits per heavy atom. The number of hydrogen-bond donors (Lipinski definition) is 1. The van der Waals surface area contributed by atoms with E-state index in [4.69, 9.17) is 4.42 Å². The van der Waals surface area contributed by atoms with Crippen LogP contribution >= 0.6 is 0 Å². The zero-order chi connectivity index (χ0) is 15.6. The van der Waals surface area contributed by atoms with Gasteiger partial charge < -0.3 is 9.52 Å². The van der Waals surface area contributed by atoms with Gasteiger partial charge in [-0.15, -0.1) is 0 Å². The standard InChI is InChI=1S/C17H20O4/c1-4-6-11-9-14(19)21-17-13(11)8-12(7-5-2)16(20)15(17)10(3)18/h8-9,20H,4-7H2,1-3H3. The second-order valence-corrected chi connectivity index (χ2v) is 5.28. The van der Waals surface area contributed by atoms with Crippen LogP contribution in [0.4, 0.5) is 0 Å². The molecule has 0 spiro atoms. The quantitative estimate of drug-likeness (QED) is 0.674. The van der Waals surface area contributed by atoms with Gasteiger partial charge in [0, 0.05) is 11.5 Å². The fourth-order valence-corrected chi connectivity index (χ4v) is 2.67. The summed E-state index contributed by atoms with van der Waals surface area (Å²) in [4.78, 5) is 23.6. The first kappa shape index (κ1) is 15.3. The molecule has 4 nitrogen and oxygen atoms in total. The van der Waals surface area contributed by atoms with E-state index in [2.05, 4.69) is 0 Å². The van der Waals surface area contributed by atoms with Crippen LogP contribution in [0.1, 0.15) is 55.1 Å². The van der Waals surface area contributed by atoms with Crippen molar-refractivity contribution in [3.8, 4) is 5.75 Å². The van der Waals surface area contributed by atoms with Crippen LogP contribution in [0.2, 0.25) is 0 Å². The van der Waals surface area contributed by atoms with E-state index in [0.29, 0.717) is 6.42 Å². The molecule has 4 heteroatoms. The number of aromatic hydroxyl groups is 1. The molecule has 1 aromatic heterocycles. The minimum absolute atomic E-state index is 0.0614. The molecular formula is C17H20O4. The van der Waals surface area contributed by atoms with Crippen molar-refractivity contribution in [2.24, 2.45) is 0 Å². The predicted molar refractivity (Wildman–Crippen MR) is 82.1 cm³/mol. The van der Waals surface area contributed by atoms with Crippen molar-refractivity contribution in [2.45, 2.75) is 46.5 Å². The predicted octanol–water partition coefficient (Wildman–Crippen LogP) is 3.61. The number of phenolic OH excluding ortho intramolecular Hbond substituents is 1. The average Bonchev–Trinajstić information content (AvgIpc) is 2.40. The Morgan fingerprint density at radius 3 is 2.33 bits per heavy atom. The molecule has 0 aliphatic carbocycles. The molecule has 0 fully saturated rings. The molecule has 21 heavy (non-hydrogen) atoms. The van der Waals surface area contributed by atoms with E-state index >= 15 is 0 Å². The highest BCUT2D eigenvalue weighted by molar-refractivity contribution is 6.08. The van der Waals surface area contributed by atoms with Crippen molar-refractivity contribution in [3.63, 3.8) is 0 Å². The molecule has 0 saturated carbocycles. The minimum Gasteiger partial charge on any atom is -0.507 e. The maximum atomic E-state index is 11.9. The van der Waals surface area contributed by atoms with E-state index in [-0.39, 0.29) is 22.7 Å². The summed E-state index contributed by atoms with van der Waals surface area (Å²) in [5.74, 6) is -0.360. The molecule has 0 aliphatic heterocycles. The highest BCUT2D eigenvalue weighted by atomic mass is 16.4. The van der Waals surface area contributed by atoms with Crippen LogP contribution in [0.3, 0.4) is 0 Å². The van der Waals surface area contributed by atoms with E-state index in [1.54, 1.807) is 0 Å². The molecule has 2 aromatic rings. The van der Waals surface area contributed by atoms with Crippen LogP contribution in [0.25, 0.3) is 11.0 Å². The lowest BCUT2D eigenvalue weighted by molar-refractivity contribution is 0.101. The molecule has 112 valence electrons. The monoisotopic (exact) mass is 288 g/mol. The highest BCUT2D eigenvalue weighted by Gasteiger charge is 2.20. The lowest BCUT2D eigenvalue weighted by Crippen LogP contribution is -2.06. The number of ketones is 1. The largest absolute Gasteiger partial charge is 0.507 e. The van der Waals surface area contributed by atoms with Gasteiger partial charge in [-0.1, -0.05) is 26.7 Å². The maximum Gasteiger partial charge on any atom is 0.336 e. The van der Waals surface area contributed by atoms with Gasteiger partial charge in [0.05, 0.1) is 0 Å². The molecule has 0 radical (unpaired) electrons. The summed E-state index contributed by atoms with van der Waals surface area (Å²) < 4.78 is 5.22. The summed E-state index contributed by atoms with van der Waals surface area (Å²) in [5, 5.41) is 11.1. The summed E-state index contributed by atoms with van der Waals surface area (Å²) in [6.45, 7) is 5.41. The third-order valence-corrected chi connectivity index (χ3v) is 3.56. The van der Waals surface area contributed by atoms with Crippen molar-refractivity contribution >= 4 is 16.8 Å². The Balaban J connectivity index is 2.91. The molecule has 1 aromatic carbocycles. The van der Waals surface area contributed by atoms with Crippen LogP contribution in [0, 0.1) is 0 Å². The first-order valence-electron chi connectivity index (χ1n) is 7.32. The van der Waals surface area contributed by atoms with Crippen molar-refractivity contribution < 1.29 is 14.3 Å². The molecule has 0 unspecified atom stereocenters. The number of Topliss-reactive ketones (excluding diaryl/α,β-unsaturated/α-hetero) is 1. The average molecular weight is 288 g/mol. The molecule has 1 heterocycles. The maximum absolute atomic E-state index is 11.9. The number of aryl methyl sites for hydroxylation is 2. The van der Waals surface area contributed by atoms with E-state index in [0.717, 1.165) is 35.8 Å². The number of carbonyl (C=O) groups excluding carboxylic acids is 1. The van der Waals surface area contributed by atoms with Crippen LogP contribution in [-0.2, 0) is 12.8 Å². The Hall–Kier alpha value is -2.10. The number of rotatable bonds is 5. The Morgan fingerprint density at radius 2 is 1.76 bits per heavy atom. The molecule has 1 N–H and O–H groups in total. The lowest BCUT2D eigenvalue weighted by atomic mass is 9.95. The van der Waals surface area contributed by atoms with Gasteiger partial charge in [-0.2, -0.15) is 0 Å². The molecule has 0 bridgehead atoms. The number of phenols is 1. The summed E-state index contributed by atoms with van der Waals surface area (Å²) >= 11 is 0. The van der Waals surface area contributed by atoms with Gasteiger partial charge in [-0.3, -0.25) is 4.79 Å². The molecule has 0 atom stereocenters. The molecule has 0 aliphatic rings. The smallest absolute Gasteiger partial charge is 0.336 e. The van der Waals surface area contributed by atoms with Crippen molar-refractivity contribution in [2.75, 3.05) is 0 Å². The van der Waals surface area contributed by atoms with Crippen LogP contribution in [0.15, 0.2) is 21.3 Å². The fourth-order valence-electron chi connectivity index (χ4n) is 2.67. The van der Waals surface area contributed by atoms with Crippen LogP contribution < -0.4 is 5.63 Å². The van der Waals surface area contributed by atoms with Crippen molar-refractivity contribution in [1.82, 2.24) is 0 Å². The lowest BCUT2D eigenvalue weighted by Gasteiger charge is -2.12. The fraction of sp³-hybridized carbons (Fsp3) is 0.412. The first-order chi connectivity index (χ1) is 9.99. The van der Waals surface area contributed by atoms with Crippen molar-refractivity contribution in [3.05, 3.63) is 39.2 Å². The van der Waals surface area contributed by atoms with Gasteiger partial charge >= 0.3 is 5.63 Å². The minimum atomic E-state index is -0.490. The zero-order valence-electron chi connectivity index (χ0n) is 12.7. The van der Waals surface area contributed by atoms with E-state index in [1.165, 1.54) is 13.0 Å². The number of hydrogen-bond acceptors (Lipinski definition) is 4. The zero-order valence-corrected chi connectivity index (χ0v) is 12.7. The number of carbonyl (C=O) groups is 1. The van der Waals surface area contributed by atoms with E-state index in [1.807, 2.05) is 19.9 Å². The first-order valence-corrected chi connectivity index (χ1v) is 7.32. The van der Waals surface area contributed by atoms with Crippen molar-refractivity contribution in [1.29, 1.82) is 0 Å². The third kappa shape index (κ3) is 2.84. The summed E-state index contributed by atoms with van der Waals surface area (Å²) in [6.07, 6.45) is 3.15. The third-order valence-electron chi connectivity index (χ3n) is 3.56. The Bertz CT molecular complexity index is 741. The van der Waals surface area contributed by atoms with Gasteiger partial charge in [-0.25, -0.2) is 4.79 Å². The van der Waals surface area contributed by atoms with Gasteiger partial charge in [0.1, 0.15) is 11.3 Å². The van der Waals surface area contributed by atoms with Gasteiger partial charge in [0.15, 0.2) is 11.4 Å². The SMILES string of the molecule is CCCc1cc2c(CCC)cc(=O)oc2c(C(C)=O)c1O. The van der Waals surface area contributed by atoms with Crippen LogP contribution in [-0.4, -0.2) is 10.9 Å². The Labute approximate surface area is 123 Å². The van der Waals surface area contributed by atoms with Gasteiger partial charge in [-0.05, 0) is 37.0 Å². The normalized spacial score (nSPS) is 11.0. The molecule has 2 rings (SSSR count). The van der Waals surface area contributed by atoms with E-state index in [9.17, 15) is 14.7 Å². The topological polar surface area (TPSA) is 67.5 Å².